The summed E-state index contributed by atoms with van der Waals surface area (Å²) in [5.74, 6) is 0. The molecule has 0 aromatic heterocycles. The van der Waals surface area contributed by atoms with Gasteiger partial charge in [0.1, 0.15) is 0 Å². The van der Waals surface area contributed by atoms with Gasteiger partial charge in [0.2, 0.25) is 0 Å². The molecule has 66 valence electrons. The van der Waals surface area contributed by atoms with Crippen molar-refractivity contribution in [3.63, 3.8) is 0 Å². The number of unbranched alkanes of at least 4 members (excludes halogenated alkanes) is 3. The maximum atomic E-state index is 3.28. The number of hydrogen-bond donors (Lipinski definition) is 1. The summed E-state index contributed by atoms with van der Waals surface area (Å²) in [6, 6.07) is 0. The van der Waals surface area contributed by atoms with Crippen LogP contribution in [0.2, 0.25) is 0 Å². The molecule has 0 amide bonds. The molecule has 0 aromatic carbocycles. The first-order chi connectivity index (χ1) is 5.31. The van der Waals surface area contributed by atoms with Gasteiger partial charge in [0.15, 0.2) is 0 Å². The van der Waals surface area contributed by atoms with E-state index in [1.807, 2.05) is 0 Å². The molecule has 0 unspecified atom stereocenters. The van der Waals surface area contributed by atoms with Crippen molar-refractivity contribution in [2.45, 2.75) is 46.5 Å². The van der Waals surface area contributed by atoms with Gasteiger partial charge < -0.3 is 5.32 Å². The summed E-state index contributed by atoms with van der Waals surface area (Å²) in [6.45, 7) is 7.54. The van der Waals surface area contributed by atoms with E-state index < -0.39 is 0 Å². The van der Waals surface area contributed by atoms with Gasteiger partial charge in [-0.2, -0.15) is 0 Å². The Kier molecular flexibility index (Phi) is 7.33. The molecule has 0 heterocycles. The van der Waals surface area contributed by atoms with E-state index in [1.165, 1.54) is 31.4 Å². The van der Waals surface area contributed by atoms with Crippen molar-refractivity contribution in [3.05, 3.63) is 11.8 Å². The third-order valence-corrected chi connectivity index (χ3v) is 1.71. The number of rotatable bonds is 6. The molecule has 0 aromatic rings. The van der Waals surface area contributed by atoms with Crippen LogP contribution in [0.15, 0.2) is 11.8 Å². The van der Waals surface area contributed by atoms with Gasteiger partial charge in [-0.1, -0.05) is 25.8 Å². The minimum atomic E-state index is 1.04. The SMILES string of the molecule is CCCCCC=C(C)NCC. The van der Waals surface area contributed by atoms with Crippen molar-refractivity contribution in [2.24, 2.45) is 0 Å². The molecule has 1 N–H and O–H groups in total. The van der Waals surface area contributed by atoms with Gasteiger partial charge in [-0.15, -0.1) is 0 Å². The second-order valence-corrected chi connectivity index (χ2v) is 2.91. The lowest BCUT2D eigenvalue weighted by molar-refractivity contribution is 0.721. The fourth-order valence-electron chi connectivity index (χ4n) is 1.06. The molecule has 0 atom stereocenters. The van der Waals surface area contributed by atoms with Crippen LogP contribution in [0, 0.1) is 0 Å². The lowest BCUT2D eigenvalue weighted by atomic mass is 10.2. The minimum Gasteiger partial charge on any atom is -0.389 e. The summed E-state index contributed by atoms with van der Waals surface area (Å²) in [5.41, 5.74) is 1.32. The smallest absolute Gasteiger partial charge is 0.0115 e. The van der Waals surface area contributed by atoms with Gasteiger partial charge >= 0.3 is 0 Å². The maximum absolute atomic E-state index is 3.28. The lowest BCUT2D eigenvalue weighted by Gasteiger charge is -2.01. The molecule has 0 aliphatic heterocycles. The lowest BCUT2D eigenvalue weighted by Crippen LogP contribution is -2.08. The Morgan fingerprint density at radius 3 is 2.55 bits per heavy atom. The zero-order valence-corrected chi connectivity index (χ0v) is 8.11. The van der Waals surface area contributed by atoms with Gasteiger partial charge in [0.25, 0.3) is 0 Å². The third kappa shape index (κ3) is 7.44. The second kappa shape index (κ2) is 7.64. The Morgan fingerprint density at radius 1 is 1.27 bits per heavy atom. The summed E-state index contributed by atoms with van der Waals surface area (Å²) in [5, 5.41) is 3.28. The van der Waals surface area contributed by atoms with E-state index in [9.17, 15) is 0 Å². The third-order valence-electron chi connectivity index (χ3n) is 1.71. The van der Waals surface area contributed by atoms with Crippen LogP contribution in [0.25, 0.3) is 0 Å². The molecule has 1 heteroatoms. The molecule has 0 aliphatic rings. The van der Waals surface area contributed by atoms with Crippen molar-refractivity contribution in [2.75, 3.05) is 6.54 Å². The average Bonchev–Trinajstić information content (AvgIpc) is 1.99. The first-order valence-corrected chi connectivity index (χ1v) is 4.71. The Labute approximate surface area is 70.9 Å². The predicted octanol–water partition coefficient (Wildman–Crippen LogP) is 3.08. The molecule has 0 aliphatic carbocycles. The average molecular weight is 155 g/mol. The van der Waals surface area contributed by atoms with Crippen LogP contribution in [0.5, 0.6) is 0 Å². The normalized spacial score (nSPS) is 11.7. The van der Waals surface area contributed by atoms with E-state index in [2.05, 4.69) is 32.2 Å². The molecule has 0 fully saturated rings. The highest BCUT2D eigenvalue weighted by molar-refractivity contribution is 4.94. The van der Waals surface area contributed by atoms with Crippen molar-refractivity contribution >= 4 is 0 Å². The molecule has 0 bridgehead atoms. The highest BCUT2D eigenvalue weighted by Gasteiger charge is 1.85. The maximum Gasteiger partial charge on any atom is 0.0115 e. The molecule has 1 nitrogen and oxygen atoms in total. The molecule has 0 saturated carbocycles. The number of hydrogen-bond acceptors (Lipinski definition) is 1. The van der Waals surface area contributed by atoms with E-state index in [1.54, 1.807) is 0 Å². The van der Waals surface area contributed by atoms with Crippen molar-refractivity contribution in [1.29, 1.82) is 0 Å². The van der Waals surface area contributed by atoms with Crippen LogP contribution < -0.4 is 5.32 Å². The molecule has 0 radical (unpaired) electrons. The first kappa shape index (κ1) is 10.5. The Bertz CT molecular complexity index is 105. The summed E-state index contributed by atoms with van der Waals surface area (Å²) >= 11 is 0. The first-order valence-electron chi connectivity index (χ1n) is 4.71. The van der Waals surface area contributed by atoms with Crippen LogP contribution in [-0.4, -0.2) is 6.54 Å². The van der Waals surface area contributed by atoms with Gasteiger partial charge in [-0.25, -0.2) is 0 Å². The molecular weight excluding hydrogens is 134 g/mol. The van der Waals surface area contributed by atoms with Crippen LogP contribution >= 0.6 is 0 Å². The van der Waals surface area contributed by atoms with Gasteiger partial charge in [0, 0.05) is 12.2 Å². The minimum absolute atomic E-state index is 1.04. The van der Waals surface area contributed by atoms with Crippen molar-refractivity contribution in [3.8, 4) is 0 Å². The van der Waals surface area contributed by atoms with E-state index in [4.69, 9.17) is 0 Å². The topological polar surface area (TPSA) is 12.0 Å². The van der Waals surface area contributed by atoms with Gasteiger partial charge in [-0.3, -0.25) is 0 Å². The summed E-state index contributed by atoms with van der Waals surface area (Å²) in [7, 11) is 0. The second-order valence-electron chi connectivity index (χ2n) is 2.91. The summed E-state index contributed by atoms with van der Waals surface area (Å²) in [4.78, 5) is 0. The molecular formula is C10H21N. The summed E-state index contributed by atoms with van der Waals surface area (Å²) < 4.78 is 0. The van der Waals surface area contributed by atoms with E-state index >= 15 is 0 Å². The Balaban J connectivity index is 3.24. The Morgan fingerprint density at radius 2 is 2.00 bits per heavy atom. The monoisotopic (exact) mass is 155 g/mol. The van der Waals surface area contributed by atoms with Crippen LogP contribution in [-0.2, 0) is 0 Å². The largest absolute Gasteiger partial charge is 0.389 e. The number of allylic oxidation sites excluding steroid dienone is 2. The fourth-order valence-corrected chi connectivity index (χ4v) is 1.06. The predicted molar refractivity (Wildman–Crippen MR) is 51.6 cm³/mol. The quantitative estimate of drug-likeness (QED) is 0.581. The molecule has 0 saturated heterocycles. The van der Waals surface area contributed by atoms with Crippen LogP contribution in [0.3, 0.4) is 0 Å². The zero-order chi connectivity index (χ0) is 8.53. The van der Waals surface area contributed by atoms with E-state index in [0.29, 0.717) is 0 Å². The van der Waals surface area contributed by atoms with E-state index in [-0.39, 0.29) is 0 Å². The summed E-state index contributed by atoms with van der Waals surface area (Å²) in [6.07, 6.45) is 7.52. The van der Waals surface area contributed by atoms with Crippen molar-refractivity contribution in [1.82, 2.24) is 5.32 Å². The Hall–Kier alpha value is -0.460. The van der Waals surface area contributed by atoms with Crippen LogP contribution in [0.1, 0.15) is 46.5 Å². The highest BCUT2D eigenvalue weighted by Crippen LogP contribution is 2.01. The molecule has 11 heavy (non-hydrogen) atoms. The highest BCUT2D eigenvalue weighted by atomic mass is 14.8. The van der Waals surface area contributed by atoms with E-state index in [0.717, 1.165) is 6.54 Å². The van der Waals surface area contributed by atoms with Crippen molar-refractivity contribution < 1.29 is 0 Å². The fraction of sp³-hybridized carbons (Fsp3) is 0.800. The van der Waals surface area contributed by atoms with Gasteiger partial charge in [-0.05, 0) is 26.7 Å². The molecule has 0 spiro atoms. The standard InChI is InChI=1S/C10H21N/c1-4-6-7-8-9-10(3)11-5-2/h9,11H,4-8H2,1-3H3. The number of nitrogens with one attached hydrogen (secondary N) is 1. The molecule has 0 rings (SSSR count). The van der Waals surface area contributed by atoms with Crippen LogP contribution in [0.4, 0.5) is 0 Å². The van der Waals surface area contributed by atoms with Gasteiger partial charge in [0.05, 0.1) is 0 Å². The zero-order valence-electron chi connectivity index (χ0n) is 8.11.